The molecule has 0 radical (unpaired) electrons. The van der Waals surface area contributed by atoms with Crippen molar-refractivity contribution in [2.45, 2.75) is 25.0 Å². The SMILES string of the molecule is CN1CC2C3C(=O)N(Cc4ccccc4)C(=O)C3[C@](C)(C1=O)N2C(=O)c1ccc(Br)cc1. The summed E-state index contributed by atoms with van der Waals surface area (Å²) < 4.78 is 0.830. The number of likely N-dealkylation sites (N-methyl/N-ethyl adjacent to an activating group) is 1. The Morgan fingerprint density at radius 3 is 2.34 bits per heavy atom. The first-order valence-electron chi connectivity index (χ1n) is 10.5. The Balaban J connectivity index is 1.55. The van der Waals surface area contributed by atoms with E-state index in [1.165, 1.54) is 14.7 Å². The van der Waals surface area contributed by atoms with E-state index >= 15 is 0 Å². The van der Waals surface area contributed by atoms with Gasteiger partial charge in [-0.15, -0.1) is 0 Å². The van der Waals surface area contributed by atoms with Gasteiger partial charge in [-0.2, -0.15) is 0 Å². The molecule has 3 fully saturated rings. The maximum absolute atomic E-state index is 13.5. The van der Waals surface area contributed by atoms with Crippen molar-refractivity contribution < 1.29 is 19.2 Å². The number of hydrogen-bond donors (Lipinski definition) is 0. The number of hydrogen-bond acceptors (Lipinski definition) is 4. The van der Waals surface area contributed by atoms with E-state index in [0.717, 1.165) is 10.0 Å². The average Bonchev–Trinajstić information content (AvgIpc) is 3.16. The highest BCUT2D eigenvalue weighted by Crippen LogP contribution is 2.52. The van der Waals surface area contributed by atoms with Gasteiger partial charge >= 0.3 is 0 Å². The van der Waals surface area contributed by atoms with Gasteiger partial charge in [0.15, 0.2) is 0 Å². The molecule has 3 aliphatic rings. The van der Waals surface area contributed by atoms with Crippen molar-refractivity contribution in [1.29, 1.82) is 0 Å². The van der Waals surface area contributed by atoms with Crippen molar-refractivity contribution in [1.82, 2.24) is 14.7 Å². The Bertz CT molecular complexity index is 1140. The Kier molecular flexibility index (Phi) is 4.74. The molecule has 0 aromatic heterocycles. The van der Waals surface area contributed by atoms with Crippen LogP contribution < -0.4 is 0 Å². The van der Waals surface area contributed by atoms with Crippen molar-refractivity contribution in [3.05, 3.63) is 70.2 Å². The van der Waals surface area contributed by atoms with E-state index < -0.39 is 23.4 Å². The van der Waals surface area contributed by atoms with Gasteiger partial charge in [-0.1, -0.05) is 46.3 Å². The smallest absolute Gasteiger partial charge is 0.255 e. The molecule has 7 nitrogen and oxygen atoms in total. The van der Waals surface area contributed by atoms with Crippen LogP contribution in [-0.4, -0.2) is 63.5 Å². The zero-order chi connectivity index (χ0) is 22.8. The number of carbonyl (C=O) groups is 4. The van der Waals surface area contributed by atoms with Gasteiger partial charge in [-0.05, 0) is 36.8 Å². The summed E-state index contributed by atoms with van der Waals surface area (Å²) >= 11 is 3.36. The zero-order valence-corrected chi connectivity index (χ0v) is 19.3. The predicted octanol–water partition coefficient (Wildman–Crippen LogP) is 2.31. The molecule has 32 heavy (non-hydrogen) atoms. The number of halogens is 1. The van der Waals surface area contributed by atoms with Crippen LogP contribution in [0.4, 0.5) is 0 Å². The third-order valence-electron chi connectivity index (χ3n) is 7.03. The van der Waals surface area contributed by atoms with Gasteiger partial charge in [0.2, 0.25) is 17.7 Å². The largest absolute Gasteiger partial charge is 0.342 e. The second-order valence-corrected chi connectivity index (χ2v) is 9.75. The highest BCUT2D eigenvalue weighted by atomic mass is 79.9. The van der Waals surface area contributed by atoms with Gasteiger partial charge in [0.05, 0.1) is 24.4 Å². The summed E-state index contributed by atoms with van der Waals surface area (Å²) in [5, 5.41) is 0. The summed E-state index contributed by atoms with van der Waals surface area (Å²) in [4.78, 5) is 58.3. The molecule has 2 aromatic rings. The molecule has 4 amide bonds. The van der Waals surface area contributed by atoms with E-state index in [4.69, 9.17) is 0 Å². The van der Waals surface area contributed by atoms with E-state index in [-0.39, 0.29) is 36.7 Å². The van der Waals surface area contributed by atoms with Gasteiger partial charge in [-0.3, -0.25) is 24.1 Å². The van der Waals surface area contributed by atoms with Crippen LogP contribution in [0.15, 0.2) is 59.1 Å². The lowest BCUT2D eigenvalue weighted by molar-refractivity contribution is -0.154. The quantitative estimate of drug-likeness (QED) is 0.612. The molecule has 2 bridgehead atoms. The summed E-state index contributed by atoms with van der Waals surface area (Å²) in [5.41, 5.74) is -0.150. The fourth-order valence-corrected chi connectivity index (χ4v) is 5.84. The molecule has 0 spiro atoms. The van der Waals surface area contributed by atoms with Gasteiger partial charge < -0.3 is 9.80 Å². The van der Waals surface area contributed by atoms with Crippen LogP contribution in [-0.2, 0) is 20.9 Å². The number of benzene rings is 2. The second kappa shape index (κ2) is 7.27. The molecule has 2 aromatic carbocycles. The van der Waals surface area contributed by atoms with E-state index in [1.807, 2.05) is 30.3 Å². The van der Waals surface area contributed by atoms with Crippen molar-refractivity contribution in [2.24, 2.45) is 11.8 Å². The Labute approximate surface area is 194 Å². The lowest BCUT2D eigenvalue weighted by Gasteiger charge is -2.47. The van der Waals surface area contributed by atoms with Crippen molar-refractivity contribution in [3.63, 3.8) is 0 Å². The lowest BCUT2D eigenvalue weighted by atomic mass is 9.81. The molecule has 0 saturated carbocycles. The first-order chi connectivity index (χ1) is 15.2. The van der Waals surface area contributed by atoms with Crippen LogP contribution in [0.2, 0.25) is 0 Å². The van der Waals surface area contributed by atoms with E-state index in [9.17, 15) is 19.2 Å². The lowest BCUT2D eigenvalue weighted by Crippen LogP contribution is -2.67. The molecular formula is C24H22BrN3O4. The number of fused-ring (bicyclic) bond motifs is 5. The van der Waals surface area contributed by atoms with Gasteiger partial charge in [0, 0.05) is 23.6 Å². The molecule has 3 heterocycles. The molecule has 0 aliphatic carbocycles. The molecule has 5 rings (SSSR count). The molecule has 164 valence electrons. The van der Waals surface area contributed by atoms with Gasteiger partial charge in [0.1, 0.15) is 5.54 Å². The van der Waals surface area contributed by atoms with Gasteiger partial charge in [0.25, 0.3) is 5.91 Å². The normalized spacial score (nSPS) is 29.0. The van der Waals surface area contributed by atoms with E-state index in [1.54, 1.807) is 38.2 Å². The minimum Gasteiger partial charge on any atom is -0.342 e. The van der Waals surface area contributed by atoms with Crippen LogP contribution in [0.3, 0.4) is 0 Å². The molecule has 3 aliphatic heterocycles. The molecule has 4 atom stereocenters. The van der Waals surface area contributed by atoms with Crippen LogP contribution >= 0.6 is 15.9 Å². The number of amides is 4. The third kappa shape index (κ3) is 2.78. The maximum Gasteiger partial charge on any atom is 0.255 e. The molecule has 8 heteroatoms. The number of imide groups is 1. The summed E-state index contributed by atoms with van der Waals surface area (Å²) in [5.74, 6) is -2.96. The number of piperazine rings is 1. The monoisotopic (exact) mass is 495 g/mol. The number of likely N-dealkylation sites (tertiary alicyclic amines) is 2. The number of nitrogens with zero attached hydrogens (tertiary/aromatic N) is 3. The van der Waals surface area contributed by atoms with Crippen LogP contribution in [0.1, 0.15) is 22.8 Å². The zero-order valence-electron chi connectivity index (χ0n) is 17.7. The average molecular weight is 496 g/mol. The third-order valence-corrected chi connectivity index (χ3v) is 7.56. The number of carbonyl (C=O) groups excluding carboxylic acids is 4. The van der Waals surface area contributed by atoms with Crippen molar-refractivity contribution in [2.75, 3.05) is 13.6 Å². The second-order valence-electron chi connectivity index (χ2n) is 8.83. The van der Waals surface area contributed by atoms with E-state index in [2.05, 4.69) is 15.9 Å². The topological polar surface area (TPSA) is 78.0 Å². The standard InChI is InChI=1S/C24H22BrN3O4/c1-24-19-18(21(30)27(22(19)31)12-14-6-4-3-5-7-14)17(13-26(2)23(24)32)28(24)20(29)15-8-10-16(25)11-9-15/h3-11,17-19H,12-13H2,1-2H3/t17?,18?,19?,24-/m1/s1. The summed E-state index contributed by atoms with van der Waals surface area (Å²) in [6.07, 6.45) is 0. The Morgan fingerprint density at radius 1 is 1.03 bits per heavy atom. The molecule has 3 saturated heterocycles. The molecular weight excluding hydrogens is 474 g/mol. The summed E-state index contributed by atoms with van der Waals surface area (Å²) in [6.45, 7) is 2.02. The summed E-state index contributed by atoms with van der Waals surface area (Å²) in [7, 11) is 1.66. The highest BCUT2D eigenvalue weighted by Gasteiger charge is 2.73. The van der Waals surface area contributed by atoms with Crippen LogP contribution in [0, 0.1) is 11.8 Å². The fourth-order valence-electron chi connectivity index (χ4n) is 5.58. The minimum atomic E-state index is -1.41. The van der Waals surface area contributed by atoms with Gasteiger partial charge in [-0.25, -0.2) is 0 Å². The molecule has 0 N–H and O–H groups in total. The van der Waals surface area contributed by atoms with Crippen molar-refractivity contribution >= 4 is 39.6 Å². The minimum absolute atomic E-state index is 0.166. The Morgan fingerprint density at radius 2 is 1.69 bits per heavy atom. The summed E-state index contributed by atoms with van der Waals surface area (Å²) in [6, 6.07) is 15.6. The van der Waals surface area contributed by atoms with Crippen LogP contribution in [0.5, 0.6) is 0 Å². The maximum atomic E-state index is 13.5. The Hall–Kier alpha value is -3.00. The predicted molar refractivity (Wildman–Crippen MR) is 119 cm³/mol. The molecule has 3 unspecified atom stereocenters. The first kappa shape index (κ1) is 20.9. The van der Waals surface area contributed by atoms with Crippen LogP contribution in [0.25, 0.3) is 0 Å². The highest BCUT2D eigenvalue weighted by molar-refractivity contribution is 9.10. The van der Waals surface area contributed by atoms with Crippen molar-refractivity contribution in [3.8, 4) is 0 Å². The first-order valence-corrected chi connectivity index (χ1v) is 11.3. The number of rotatable bonds is 3. The fraction of sp³-hybridized carbons (Fsp3) is 0.333. The van der Waals surface area contributed by atoms with E-state index in [0.29, 0.717) is 5.56 Å².